The summed E-state index contributed by atoms with van der Waals surface area (Å²) in [6.45, 7) is 2.25. The third-order valence-electron chi connectivity index (χ3n) is 3.90. The van der Waals surface area contributed by atoms with Crippen molar-refractivity contribution in [3.05, 3.63) is 12.4 Å². The Morgan fingerprint density at radius 2 is 1.20 bits per heavy atom. The van der Waals surface area contributed by atoms with E-state index in [1.54, 1.807) is 0 Å². The second kappa shape index (κ2) is 15.0. The number of rotatable bonds is 14. The van der Waals surface area contributed by atoms with Crippen molar-refractivity contribution in [1.82, 2.24) is 19.6 Å². The summed E-state index contributed by atoms with van der Waals surface area (Å²) in [6.07, 6.45) is 6.87. The first-order chi connectivity index (χ1) is 14.0. The van der Waals surface area contributed by atoms with Gasteiger partial charge in [-0.05, 0) is 6.42 Å². The van der Waals surface area contributed by atoms with Crippen LogP contribution in [0.5, 0.6) is 0 Å². The fourth-order valence-corrected chi connectivity index (χ4v) is 2.57. The number of unbranched alkanes of at least 4 members (excludes halogenated alkanes) is 1. The SMILES string of the molecule is CCCCN1C=CN(C)C1.O=C(O)CN(CCN(CC(=O)O)CC(=O)O)CC(=O)O. The molecule has 0 spiro atoms. The summed E-state index contributed by atoms with van der Waals surface area (Å²) < 4.78 is 0. The molecule has 0 aromatic heterocycles. The van der Waals surface area contributed by atoms with Gasteiger partial charge in [-0.15, -0.1) is 0 Å². The zero-order valence-corrected chi connectivity index (χ0v) is 17.4. The summed E-state index contributed by atoms with van der Waals surface area (Å²) in [5.74, 6) is -4.91. The maximum absolute atomic E-state index is 10.6. The van der Waals surface area contributed by atoms with Crippen LogP contribution in [-0.4, -0.2) is 123 Å². The molecule has 0 unspecified atom stereocenters. The van der Waals surface area contributed by atoms with Gasteiger partial charge >= 0.3 is 23.9 Å². The molecule has 0 fully saturated rings. The van der Waals surface area contributed by atoms with Crippen molar-refractivity contribution in [3.63, 3.8) is 0 Å². The number of carboxylic acid groups (broad SMARTS) is 4. The first-order valence-corrected chi connectivity index (χ1v) is 9.48. The second-order valence-electron chi connectivity index (χ2n) is 6.86. The summed E-state index contributed by atoms with van der Waals surface area (Å²) in [5.41, 5.74) is 0. The fraction of sp³-hybridized carbons (Fsp3) is 0.667. The highest BCUT2D eigenvalue weighted by Crippen LogP contribution is 2.04. The lowest BCUT2D eigenvalue weighted by Gasteiger charge is -2.23. The first kappa shape index (κ1) is 27.1. The molecule has 0 bridgehead atoms. The first-order valence-electron chi connectivity index (χ1n) is 9.48. The minimum Gasteiger partial charge on any atom is -0.480 e. The van der Waals surface area contributed by atoms with Gasteiger partial charge in [0.05, 0.1) is 32.8 Å². The molecule has 0 aromatic carbocycles. The smallest absolute Gasteiger partial charge is 0.317 e. The minimum atomic E-state index is -1.23. The molecule has 0 radical (unpaired) electrons. The van der Waals surface area contributed by atoms with Gasteiger partial charge in [0, 0.05) is 39.1 Å². The van der Waals surface area contributed by atoms with E-state index in [1.165, 1.54) is 19.4 Å². The van der Waals surface area contributed by atoms with Crippen LogP contribution in [0.25, 0.3) is 0 Å². The van der Waals surface area contributed by atoms with Gasteiger partial charge in [0.25, 0.3) is 0 Å². The molecule has 0 amide bonds. The average molecular weight is 432 g/mol. The molecule has 1 rings (SSSR count). The molecule has 172 valence electrons. The van der Waals surface area contributed by atoms with E-state index < -0.39 is 50.1 Å². The topological polar surface area (TPSA) is 162 Å². The van der Waals surface area contributed by atoms with E-state index in [9.17, 15) is 19.2 Å². The molecule has 30 heavy (non-hydrogen) atoms. The monoisotopic (exact) mass is 432 g/mol. The van der Waals surface area contributed by atoms with Gasteiger partial charge in [0.2, 0.25) is 0 Å². The molecule has 0 aromatic rings. The molecular formula is C18H32N4O8. The predicted octanol–water partition coefficient (Wildman–Crippen LogP) is -0.609. The molecule has 0 aliphatic carbocycles. The highest BCUT2D eigenvalue weighted by Gasteiger charge is 2.18. The molecular weight excluding hydrogens is 400 g/mol. The van der Waals surface area contributed by atoms with Crippen LogP contribution in [0, 0.1) is 0 Å². The lowest BCUT2D eigenvalue weighted by atomic mass is 10.3. The van der Waals surface area contributed by atoms with E-state index in [4.69, 9.17) is 20.4 Å². The van der Waals surface area contributed by atoms with E-state index in [0.29, 0.717) is 0 Å². The largest absolute Gasteiger partial charge is 0.480 e. The van der Waals surface area contributed by atoms with Gasteiger partial charge < -0.3 is 30.2 Å². The summed E-state index contributed by atoms with van der Waals surface area (Å²) in [5, 5.41) is 34.5. The Labute approximate surface area is 175 Å². The minimum absolute atomic E-state index is 0.0703. The summed E-state index contributed by atoms with van der Waals surface area (Å²) in [7, 11) is 2.10. The number of aliphatic carboxylic acids is 4. The van der Waals surface area contributed by atoms with Gasteiger partial charge in [0.1, 0.15) is 0 Å². The van der Waals surface area contributed by atoms with Crippen LogP contribution in [0.1, 0.15) is 19.8 Å². The zero-order valence-electron chi connectivity index (χ0n) is 17.4. The Balaban J connectivity index is 0.000000696. The van der Waals surface area contributed by atoms with Crippen molar-refractivity contribution in [2.75, 3.05) is 59.5 Å². The van der Waals surface area contributed by atoms with E-state index >= 15 is 0 Å². The summed E-state index contributed by atoms with van der Waals surface area (Å²) in [4.78, 5) is 48.9. The predicted molar refractivity (Wildman–Crippen MR) is 107 cm³/mol. The Morgan fingerprint density at radius 3 is 1.47 bits per heavy atom. The second-order valence-corrected chi connectivity index (χ2v) is 6.86. The van der Waals surface area contributed by atoms with Crippen LogP contribution in [0.15, 0.2) is 12.4 Å². The van der Waals surface area contributed by atoms with E-state index in [1.807, 2.05) is 0 Å². The van der Waals surface area contributed by atoms with E-state index in [2.05, 4.69) is 36.2 Å². The molecule has 0 saturated carbocycles. The quantitative estimate of drug-likeness (QED) is 0.276. The Hall–Kier alpha value is -2.86. The van der Waals surface area contributed by atoms with E-state index in [-0.39, 0.29) is 13.1 Å². The van der Waals surface area contributed by atoms with Gasteiger partial charge in [-0.25, -0.2) is 0 Å². The summed E-state index contributed by atoms with van der Waals surface area (Å²) in [6, 6.07) is 0. The highest BCUT2D eigenvalue weighted by atomic mass is 16.4. The zero-order chi connectivity index (χ0) is 23.1. The van der Waals surface area contributed by atoms with Crippen LogP contribution in [0.4, 0.5) is 0 Å². The number of carbonyl (C=O) groups is 4. The van der Waals surface area contributed by atoms with Crippen LogP contribution < -0.4 is 0 Å². The van der Waals surface area contributed by atoms with Crippen molar-refractivity contribution in [3.8, 4) is 0 Å². The van der Waals surface area contributed by atoms with Crippen molar-refractivity contribution in [2.24, 2.45) is 0 Å². The third kappa shape index (κ3) is 15.1. The van der Waals surface area contributed by atoms with Crippen molar-refractivity contribution in [1.29, 1.82) is 0 Å². The molecule has 0 saturated heterocycles. The third-order valence-corrected chi connectivity index (χ3v) is 3.90. The Bertz CT molecular complexity index is 531. The molecule has 4 N–H and O–H groups in total. The van der Waals surface area contributed by atoms with Crippen LogP contribution >= 0.6 is 0 Å². The lowest BCUT2D eigenvalue weighted by molar-refractivity contribution is -0.145. The maximum Gasteiger partial charge on any atom is 0.317 e. The molecule has 1 heterocycles. The standard InChI is InChI=1S/C10H16N2O8.C8H16N2/c13-7(14)3-11(4-8(15)16)1-2-12(5-9(17)18)6-10(19)20;1-3-4-5-10-7-6-9(2)8-10/h1-6H2,(H,13,14)(H,15,16)(H,17,18)(H,19,20);6-7H,3-5,8H2,1-2H3. The van der Waals surface area contributed by atoms with Crippen LogP contribution in [0.2, 0.25) is 0 Å². The number of hydrogen-bond acceptors (Lipinski definition) is 8. The Kier molecular flexibility index (Phi) is 13.6. The summed E-state index contributed by atoms with van der Waals surface area (Å²) >= 11 is 0. The molecule has 1 aliphatic heterocycles. The number of nitrogens with zero attached hydrogens (tertiary/aromatic N) is 4. The number of hydrogen-bond donors (Lipinski definition) is 4. The van der Waals surface area contributed by atoms with E-state index in [0.717, 1.165) is 16.5 Å². The number of carboxylic acids is 4. The molecule has 0 atom stereocenters. The van der Waals surface area contributed by atoms with Crippen molar-refractivity contribution < 1.29 is 39.6 Å². The molecule has 12 heteroatoms. The van der Waals surface area contributed by atoms with Gasteiger partial charge in [-0.2, -0.15) is 0 Å². The van der Waals surface area contributed by atoms with Crippen LogP contribution in [-0.2, 0) is 19.2 Å². The lowest BCUT2D eigenvalue weighted by Crippen LogP contribution is -2.43. The molecule has 12 nitrogen and oxygen atoms in total. The maximum atomic E-state index is 10.6. The average Bonchev–Trinajstić information content (AvgIpc) is 3.01. The fourth-order valence-electron chi connectivity index (χ4n) is 2.57. The van der Waals surface area contributed by atoms with Gasteiger partial charge in [-0.1, -0.05) is 13.3 Å². The normalized spacial score (nSPS) is 12.8. The van der Waals surface area contributed by atoms with Crippen LogP contribution in [0.3, 0.4) is 0 Å². The highest BCUT2D eigenvalue weighted by molar-refractivity contribution is 5.73. The van der Waals surface area contributed by atoms with Crippen molar-refractivity contribution >= 4 is 23.9 Å². The van der Waals surface area contributed by atoms with Crippen molar-refractivity contribution in [2.45, 2.75) is 19.8 Å². The van der Waals surface area contributed by atoms with Gasteiger partial charge in [0.15, 0.2) is 0 Å². The molecule has 1 aliphatic rings. The Morgan fingerprint density at radius 1 is 0.800 bits per heavy atom. The van der Waals surface area contributed by atoms with Gasteiger partial charge in [-0.3, -0.25) is 29.0 Å².